The van der Waals surface area contributed by atoms with Crippen molar-refractivity contribution in [2.75, 3.05) is 42.6 Å². The highest BCUT2D eigenvalue weighted by Crippen LogP contribution is 2.28. The number of hydrogen-bond donors (Lipinski definition) is 0. The summed E-state index contributed by atoms with van der Waals surface area (Å²) in [6, 6.07) is 4.93. The Hall–Kier alpha value is -1.82. The van der Waals surface area contributed by atoms with Crippen molar-refractivity contribution in [1.29, 1.82) is 0 Å². The summed E-state index contributed by atoms with van der Waals surface area (Å²) < 4.78 is 25.1. The van der Waals surface area contributed by atoms with Crippen molar-refractivity contribution in [2.24, 2.45) is 0 Å². The highest BCUT2D eigenvalue weighted by molar-refractivity contribution is 5.88. The predicted octanol–water partition coefficient (Wildman–Crippen LogP) is 4.20. The van der Waals surface area contributed by atoms with Gasteiger partial charge in [0.25, 0.3) is 0 Å². The molecule has 2 heterocycles. The van der Waals surface area contributed by atoms with E-state index in [0.29, 0.717) is 37.7 Å². The van der Waals surface area contributed by atoms with E-state index in [1.54, 1.807) is 12.1 Å². The molecule has 0 aliphatic carbocycles. The molecule has 6 heteroatoms. The largest absolute Gasteiger partial charge is 0.446 e. The van der Waals surface area contributed by atoms with Crippen LogP contribution in [0.25, 0.3) is 0 Å². The number of amides is 1. The monoisotopic (exact) mass is 352 g/mol. The fourth-order valence-corrected chi connectivity index (χ4v) is 2.84. The highest BCUT2D eigenvalue weighted by Gasteiger charge is 2.26. The van der Waals surface area contributed by atoms with Crippen molar-refractivity contribution in [3.8, 4) is 0 Å². The van der Waals surface area contributed by atoms with Crippen LogP contribution in [0, 0.1) is 5.82 Å². The smallest absolute Gasteiger partial charge is 0.414 e. The summed E-state index contributed by atoms with van der Waals surface area (Å²) in [5, 5.41) is 0. The lowest BCUT2D eigenvalue weighted by atomic mass is 10.2. The number of nitrogens with zero attached hydrogens (tertiary/aromatic N) is 2. The maximum atomic E-state index is 14.5. The summed E-state index contributed by atoms with van der Waals surface area (Å²) in [6.45, 7) is 9.45. The van der Waals surface area contributed by atoms with Gasteiger partial charge in [-0.15, -0.1) is 0 Å². The molecule has 2 aliphatic heterocycles. The van der Waals surface area contributed by atoms with Crippen LogP contribution in [0.5, 0.6) is 0 Å². The van der Waals surface area contributed by atoms with E-state index in [-0.39, 0.29) is 11.9 Å². The van der Waals surface area contributed by atoms with Crippen LogP contribution in [0.2, 0.25) is 0 Å². The third-order valence-corrected chi connectivity index (χ3v) is 4.09. The molecule has 2 aliphatic rings. The molecule has 1 aromatic carbocycles. The molecule has 1 unspecified atom stereocenters. The van der Waals surface area contributed by atoms with Crippen LogP contribution in [0.1, 0.15) is 40.0 Å². The van der Waals surface area contributed by atoms with E-state index in [2.05, 4.69) is 13.8 Å². The van der Waals surface area contributed by atoms with E-state index in [0.717, 1.165) is 19.4 Å². The van der Waals surface area contributed by atoms with Crippen LogP contribution < -0.4 is 9.80 Å². The Labute approximate surface area is 149 Å². The first-order valence-corrected chi connectivity index (χ1v) is 9.17. The minimum Gasteiger partial charge on any atom is -0.446 e. The maximum absolute atomic E-state index is 14.5. The number of ether oxygens (including phenoxy) is 2. The van der Waals surface area contributed by atoms with Gasteiger partial charge < -0.3 is 14.4 Å². The third-order valence-electron chi connectivity index (χ3n) is 4.09. The Morgan fingerprint density at radius 1 is 1.20 bits per heavy atom. The first-order chi connectivity index (χ1) is 12.1. The zero-order chi connectivity index (χ0) is 18.2. The molecule has 0 aromatic heterocycles. The van der Waals surface area contributed by atoms with Gasteiger partial charge >= 0.3 is 6.09 Å². The molecule has 3 rings (SSSR count). The van der Waals surface area contributed by atoms with E-state index in [1.807, 2.05) is 11.8 Å². The predicted molar refractivity (Wildman–Crippen MR) is 97.9 cm³/mol. The average Bonchev–Trinajstić information content (AvgIpc) is 2.85. The van der Waals surface area contributed by atoms with Crippen molar-refractivity contribution in [2.45, 2.75) is 46.1 Å². The lowest BCUT2D eigenvalue weighted by Gasteiger charge is -2.30. The molecule has 0 saturated carbocycles. The second-order valence-corrected chi connectivity index (χ2v) is 6.43. The molecule has 0 N–H and O–H groups in total. The van der Waals surface area contributed by atoms with Gasteiger partial charge in [-0.2, -0.15) is 0 Å². The van der Waals surface area contributed by atoms with Gasteiger partial charge in [-0.1, -0.05) is 20.3 Å². The van der Waals surface area contributed by atoms with E-state index in [4.69, 9.17) is 9.47 Å². The van der Waals surface area contributed by atoms with Gasteiger partial charge in [0.05, 0.1) is 18.0 Å². The van der Waals surface area contributed by atoms with Crippen LogP contribution in [-0.4, -0.2) is 45.0 Å². The summed E-state index contributed by atoms with van der Waals surface area (Å²) in [5.41, 5.74) is 1.11. The molecule has 0 bridgehead atoms. The molecular weight excluding hydrogens is 323 g/mol. The van der Waals surface area contributed by atoms with Crippen molar-refractivity contribution >= 4 is 17.5 Å². The summed E-state index contributed by atoms with van der Waals surface area (Å²) >= 11 is 0. The topological polar surface area (TPSA) is 42.0 Å². The zero-order valence-electron chi connectivity index (χ0n) is 15.5. The molecule has 1 aromatic rings. The minimum absolute atomic E-state index is 0.0787. The Bertz CT molecular complexity index is 560. The third kappa shape index (κ3) is 5.33. The fraction of sp³-hybridized carbons (Fsp3) is 0.632. The van der Waals surface area contributed by atoms with E-state index in [1.165, 1.54) is 17.4 Å². The van der Waals surface area contributed by atoms with E-state index >= 15 is 0 Å². The van der Waals surface area contributed by atoms with Crippen LogP contribution in [0.3, 0.4) is 0 Å². The molecule has 1 amide bonds. The first kappa shape index (κ1) is 19.5. The van der Waals surface area contributed by atoms with Crippen LogP contribution >= 0.6 is 0 Å². The first-order valence-electron chi connectivity index (χ1n) is 9.17. The molecule has 25 heavy (non-hydrogen) atoms. The molecule has 5 nitrogen and oxygen atoms in total. The van der Waals surface area contributed by atoms with Gasteiger partial charge in [0, 0.05) is 32.7 Å². The minimum atomic E-state index is -0.408. The number of halogens is 1. The second-order valence-electron chi connectivity index (χ2n) is 6.43. The van der Waals surface area contributed by atoms with Crippen molar-refractivity contribution in [3.05, 3.63) is 24.0 Å². The average molecular weight is 352 g/mol. The van der Waals surface area contributed by atoms with E-state index < -0.39 is 6.09 Å². The van der Waals surface area contributed by atoms with Crippen LogP contribution in [0.15, 0.2) is 18.2 Å². The van der Waals surface area contributed by atoms with Gasteiger partial charge in [-0.25, -0.2) is 9.18 Å². The Balaban J connectivity index is 0.000000701. The Morgan fingerprint density at radius 2 is 1.96 bits per heavy atom. The molecule has 0 spiro atoms. The Kier molecular flexibility index (Phi) is 7.50. The summed E-state index contributed by atoms with van der Waals surface area (Å²) in [4.78, 5) is 15.4. The summed E-state index contributed by atoms with van der Waals surface area (Å²) in [6.07, 6.45) is 2.40. The highest BCUT2D eigenvalue weighted by atomic mass is 19.1. The number of carbonyl (C=O) groups excluding carboxylic acids is 1. The molecular formula is C19H29FN2O3. The molecule has 2 saturated heterocycles. The molecule has 0 radical (unpaired) electrons. The lowest BCUT2D eigenvalue weighted by molar-refractivity contribution is 0.0944. The SMILES string of the molecule is CC1CCN(c2ccc(N3CCCOCC3)c(F)c2)C(=O)O1.CCC. The number of cyclic esters (lactones) is 1. The summed E-state index contributed by atoms with van der Waals surface area (Å²) in [5.74, 6) is -0.314. The van der Waals surface area contributed by atoms with Gasteiger partial charge in [-0.05, 0) is 31.5 Å². The number of rotatable bonds is 2. The van der Waals surface area contributed by atoms with Gasteiger partial charge in [0.1, 0.15) is 11.9 Å². The number of benzene rings is 1. The number of anilines is 2. The van der Waals surface area contributed by atoms with Crippen molar-refractivity contribution < 1.29 is 18.7 Å². The second kappa shape index (κ2) is 9.61. The fourth-order valence-electron chi connectivity index (χ4n) is 2.84. The number of carbonyl (C=O) groups is 1. The van der Waals surface area contributed by atoms with E-state index in [9.17, 15) is 9.18 Å². The van der Waals surface area contributed by atoms with Gasteiger partial charge in [0.2, 0.25) is 0 Å². The van der Waals surface area contributed by atoms with Gasteiger partial charge in [0.15, 0.2) is 0 Å². The number of hydrogen-bond acceptors (Lipinski definition) is 4. The maximum Gasteiger partial charge on any atom is 0.414 e. The lowest BCUT2D eigenvalue weighted by Crippen LogP contribution is -2.41. The molecule has 1 atom stereocenters. The van der Waals surface area contributed by atoms with Gasteiger partial charge in [-0.3, -0.25) is 4.90 Å². The quantitative estimate of drug-likeness (QED) is 0.800. The van der Waals surface area contributed by atoms with Crippen molar-refractivity contribution in [3.63, 3.8) is 0 Å². The van der Waals surface area contributed by atoms with Crippen molar-refractivity contribution in [1.82, 2.24) is 0 Å². The molecule has 140 valence electrons. The zero-order valence-corrected chi connectivity index (χ0v) is 15.5. The standard InChI is InChI=1S/C16H21FN2O3.C3H8/c1-12-5-7-19(16(20)22-12)13-3-4-15(14(17)11-13)18-6-2-9-21-10-8-18;1-3-2/h3-4,11-12H,2,5-10H2,1H3;3H2,1-2H3. The van der Waals surface area contributed by atoms with Crippen LogP contribution in [0.4, 0.5) is 20.6 Å². The normalized spacial score (nSPS) is 21.1. The summed E-state index contributed by atoms with van der Waals surface area (Å²) in [7, 11) is 0. The van der Waals surface area contributed by atoms with Crippen LogP contribution in [-0.2, 0) is 9.47 Å². The Morgan fingerprint density at radius 3 is 2.64 bits per heavy atom. The molecule has 2 fully saturated rings.